The molecule has 0 aliphatic carbocycles. The van der Waals surface area contributed by atoms with Crippen LogP contribution in [0.15, 0.2) is 21.0 Å². The van der Waals surface area contributed by atoms with E-state index >= 15 is 0 Å². The Labute approximate surface area is 106 Å². The fourth-order valence-corrected chi connectivity index (χ4v) is 1.75. The molecule has 0 aliphatic rings. The molecule has 6 heteroatoms. The number of halogens is 1. The second-order valence-corrected chi connectivity index (χ2v) is 4.11. The van der Waals surface area contributed by atoms with E-state index in [1.54, 1.807) is 19.2 Å². The average Bonchev–Trinajstić information content (AvgIpc) is 2.75. The molecule has 2 aromatic rings. The minimum Gasteiger partial charge on any atom is -0.448 e. The Kier molecular flexibility index (Phi) is 3.75. The first-order chi connectivity index (χ1) is 8.26. The van der Waals surface area contributed by atoms with Gasteiger partial charge in [-0.25, -0.2) is 0 Å². The Hall–Kier alpha value is -1.40. The highest BCUT2D eigenvalue weighted by atomic mass is 79.9. The molecule has 0 saturated heterocycles. The normalized spacial score (nSPS) is 10.7. The number of aromatic nitrogens is 1. The van der Waals surface area contributed by atoms with Gasteiger partial charge in [-0.1, -0.05) is 0 Å². The Balaban J connectivity index is 2.35. The highest BCUT2D eigenvalue weighted by Crippen LogP contribution is 2.29. The summed E-state index contributed by atoms with van der Waals surface area (Å²) in [5.41, 5.74) is 1.46. The quantitative estimate of drug-likeness (QED) is 0.627. The number of aldehydes is 1. The second-order valence-electron chi connectivity index (χ2n) is 3.25. The van der Waals surface area contributed by atoms with E-state index in [1.807, 2.05) is 0 Å². The molecule has 0 radical (unpaired) electrons. The molecule has 90 valence electrons. The average molecular weight is 300 g/mol. The highest BCUT2D eigenvalue weighted by molar-refractivity contribution is 9.10. The SMILES string of the molecule is COCCOc1nc2c(C=O)ccc(Br)c2o1. The fraction of sp³-hybridized carbons (Fsp3) is 0.273. The van der Waals surface area contributed by atoms with Crippen LogP contribution in [0.2, 0.25) is 0 Å². The second kappa shape index (κ2) is 5.29. The van der Waals surface area contributed by atoms with Crippen molar-refractivity contribution in [2.24, 2.45) is 0 Å². The summed E-state index contributed by atoms with van der Waals surface area (Å²) in [7, 11) is 1.58. The van der Waals surface area contributed by atoms with Gasteiger partial charge in [-0.2, -0.15) is 4.98 Å². The lowest BCUT2D eigenvalue weighted by atomic mass is 10.2. The minimum atomic E-state index is 0.132. The summed E-state index contributed by atoms with van der Waals surface area (Å²) in [5.74, 6) is 0. The van der Waals surface area contributed by atoms with Crippen molar-refractivity contribution in [1.29, 1.82) is 0 Å². The van der Waals surface area contributed by atoms with Gasteiger partial charge in [0.05, 0.1) is 11.1 Å². The number of methoxy groups -OCH3 is 1. The van der Waals surface area contributed by atoms with Crippen LogP contribution in [0, 0.1) is 0 Å². The standard InChI is InChI=1S/C11H10BrNO4/c1-15-4-5-16-11-13-9-7(6-14)2-3-8(12)10(9)17-11/h2-3,6H,4-5H2,1H3. The van der Waals surface area contributed by atoms with Crippen LogP contribution in [0.4, 0.5) is 0 Å². The van der Waals surface area contributed by atoms with Crippen LogP contribution >= 0.6 is 15.9 Å². The molecule has 0 saturated carbocycles. The van der Waals surface area contributed by atoms with E-state index in [4.69, 9.17) is 13.9 Å². The summed E-state index contributed by atoms with van der Waals surface area (Å²) >= 11 is 3.33. The lowest BCUT2D eigenvalue weighted by Gasteiger charge is -1.98. The van der Waals surface area contributed by atoms with Gasteiger partial charge in [0.2, 0.25) is 0 Å². The summed E-state index contributed by atoms with van der Waals surface area (Å²) in [5, 5.41) is 0. The molecular weight excluding hydrogens is 290 g/mol. The van der Waals surface area contributed by atoms with E-state index in [2.05, 4.69) is 20.9 Å². The number of benzene rings is 1. The zero-order valence-corrected chi connectivity index (χ0v) is 10.7. The molecule has 5 nitrogen and oxygen atoms in total. The van der Waals surface area contributed by atoms with Gasteiger partial charge in [-0.05, 0) is 28.1 Å². The van der Waals surface area contributed by atoms with E-state index in [9.17, 15) is 4.79 Å². The number of hydrogen-bond acceptors (Lipinski definition) is 5. The Morgan fingerprint density at radius 3 is 3.00 bits per heavy atom. The number of ether oxygens (including phenoxy) is 2. The first-order valence-electron chi connectivity index (χ1n) is 4.92. The van der Waals surface area contributed by atoms with Crippen molar-refractivity contribution in [3.05, 3.63) is 22.2 Å². The summed E-state index contributed by atoms with van der Waals surface area (Å²) in [6.07, 6.45) is 0.864. The molecule has 0 N–H and O–H groups in total. The van der Waals surface area contributed by atoms with Gasteiger partial charge < -0.3 is 13.9 Å². The first-order valence-corrected chi connectivity index (χ1v) is 5.71. The third kappa shape index (κ3) is 2.48. The fourth-order valence-electron chi connectivity index (χ4n) is 1.34. The van der Waals surface area contributed by atoms with E-state index in [1.165, 1.54) is 0 Å². The van der Waals surface area contributed by atoms with Crippen LogP contribution in [0.1, 0.15) is 10.4 Å². The molecule has 0 spiro atoms. The van der Waals surface area contributed by atoms with Crippen molar-refractivity contribution >= 4 is 33.3 Å². The molecule has 1 aromatic carbocycles. The number of fused-ring (bicyclic) bond motifs is 1. The molecule has 0 unspecified atom stereocenters. The molecule has 1 heterocycles. The lowest BCUT2D eigenvalue weighted by Crippen LogP contribution is -2.04. The van der Waals surface area contributed by atoms with E-state index < -0.39 is 0 Å². The number of carbonyl (C=O) groups excluding carboxylic acids is 1. The van der Waals surface area contributed by atoms with E-state index in [-0.39, 0.29) is 6.08 Å². The topological polar surface area (TPSA) is 61.6 Å². The van der Waals surface area contributed by atoms with Crippen LogP contribution in [0.3, 0.4) is 0 Å². The molecule has 0 aliphatic heterocycles. The van der Waals surface area contributed by atoms with Crippen LogP contribution in [-0.4, -0.2) is 31.6 Å². The maximum Gasteiger partial charge on any atom is 0.394 e. The molecule has 0 amide bonds. The maximum atomic E-state index is 10.8. The first kappa shape index (κ1) is 12.1. The van der Waals surface area contributed by atoms with Crippen molar-refractivity contribution in [2.45, 2.75) is 0 Å². The van der Waals surface area contributed by atoms with Gasteiger partial charge in [-0.15, -0.1) is 0 Å². The molecule has 17 heavy (non-hydrogen) atoms. The molecule has 1 aromatic heterocycles. The van der Waals surface area contributed by atoms with Gasteiger partial charge in [-0.3, -0.25) is 4.79 Å². The van der Waals surface area contributed by atoms with Gasteiger partial charge >= 0.3 is 6.08 Å². The van der Waals surface area contributed by atoms with Crippen molar-refractivity contribution in [3.8, 4) is 6.08 Å². The van der Waals surface area contributed by atoms with Crippen molar-refractivity contribution < 1.29 is 18.7 Å². The summed E-state index contributed by atoms with van der Waals surface area (Å²) < 4.78 is 16.2. The molecule has 2 rings (SSSR count). The Morgan fingerprint density at radius 1 is 1.47 bits per heavy atom. The van der Waals surface area contributed by atoms with Crippen molar-refractivity contribution in [1.82, 2.24) is 4.98 Å². The summed E-state index contributed by atoms with van der Waals surface area (Å²) in [4.78, 5) is 15.0. The minimum absolute atomic E-state index is 0.132. The number of hydrogen-bond donors (Lipinski definition) is 0. The zero-order valence-electron chi connectivity index (χ0n) is 9.10. The van der Waals surface area contributed by atoms with Gasteiger partial charge in [0, 0.05) is 12.7 Å². The third-order valence-corrected chi connectivity index (χ3v) is 2.77. The number of rotatable bonds is 5. The van der Waals surface area contributed by atoms with Crippen LogP contribution < -0.4 is 4.74 Å². The van der Waals surface area contributed by atoms with Crippen molar-refractivity contribution in [3.63, 3.8) is 0 Å². The van der Waals surface area contributed by atoms with E-state index in [0.29, 0.717) is 29.9 Å². The zero-order chi connectivity index (χ0) is 12.3. The highest BCUT2D eigenvalue weighted by Gasteiger charge is 2.13. The molecule has 0 atom stereocenters. The maximum absolute atomic E-state index is 10.8. The number of carbonyl (C=O) groups is 1. The third-order valence-electron chi connectivity index (χ3n) is 2.15. The smallest absolute Gasteiger partial charge is 0.394 e. The summed E-state index contributed by atoms with van der Waals surface area (Å²) in [6.45, 7) is 0.789. The Bertz CT molecular complexity index is 537. The lowest BCUT2D eigenvalue weighted by molar-refractivity contribution is 0.112. The van der Waals surface area contributed by atoms with Crippen LogP contribution in [0.5, 0.6) is 6.08 Å². The van der Waals surface area contributed by atoms with Gasteiger partial charge in [0.15, 0.2) is 11.9 Å². The largest absolute Gasteiger partial charge is 0.448 e. The van der Waals surface area contributed by atoms with Gasteiger partial charge in [0.25, 0.3) is 0 Å². The molecular formula is C11H10BrNO4. The monoisotopic (exact) mass is 299 g/mol. The van der Waals surface area contributed by atoms with E-state index in [0.717, 1.165) is 10.8 Å². The predicted octanol–water partition coefficient (Wildman–Crippen LogP) is 2.43. The Morgan fingerprint density at radius 2 is 2.29 bits per heavy atom. The van der Waals surface area contributed by atoms with Crippen LogP contribution in [-0.2, 0) is 4.74 Å². The molecule has 0 fully saturated rings. The van der Waals surface area contributed by atoms with Crippen LogP contribution in [0.25, 0.3) is 11.1 Å². The van der Waals surface area contributed by atoms with Gasteiger partial charge in [0.1, 0.15) is 12.1 Å². The predicted molar refractivity (Wildman–Crippen MR) is 64.5 cm³/mol. The number of oxazole rings is 1. The number of nitrogens with zero attached hydrogens (tertiary/aromatic N) is 1. The summed E-state index contributed by atoms with van der Waals surface area (Å²) in [6, 6.07) is 3.40. The van der Waals surface area contributed by atoms with Crippen molar-refractivity contribution in [2.75, 3.05) is 20.3 Å². The molecule has 0 bridgehead atoms.